The number of hydrogen-bond acceptors (Lipinski definition) is 8. The lowest BCUT2D eigenvalue weighted by atomic mass is 9.88. The van der Waals surface area contributed by atoms with Gasteiger partial charge in [-0.2, -0.15) is 0 Å². The summed E-state index contributed by atoms with van der Waals surface area (Å²) < 4.78 is 0. The second-order valence-corrected chi connectivity index (χ2v) is 23.8. The number of aliphatic hydroxyl groups is 2. The summed E-state index contributed by atoms with van der Waals surface area (Å²) in [4.78, 5) is 76.2. The average Bonchev–Trinajstić information content (AvgIpc) is 3.46. The largest absolute Gasteiger partial charge is 0.396 e. The summed E-state index contributed by atoms with van der Waals surface area (Å²) >= 11 is 0. The molecule has 6 N–H and O–H groups in total. The van der Waals surface area contributed by atoms with Crippen molar-refractivity contribution in [2.45, 2.75) is 350 Å². The van der Waals surface area contributed by atoms with Crippen LogP contribution < -0.4 is 21.3 Å². The molecule has 0 aromatic rings. The lowest BCUT2D eigenvalue weighted by molar-refractivity contribution is -0.131. The SMILES string of the molecule is CCC(=O)CCCCC[C@H](NC(=O)CC)C(=O)NCCCCC(CC)CO.CCCCCCCCC(CCCCCC)C(=O)CCCCC[C@H](NC(=O)C(CCCCCC)CCCCCCCC)C(=O)NCCCCC(CC)CO. The second-order valence-electron chi connectivity index (χ2n) is 23.8. The number of carbonyl (C=O) groups excluding carboxylic acids is 6. The van der Waals surface area contributed by atoms with Crippen LogP contribution in [0.1, 0.15) is 338 Å². The van der Waals surface area contributed by atoms with Gasteiger partial charge in [-0.15, -0.1) is 0 Å². The van der Waals surface area contributed by atoms with E-state index < -0.39 is 12.1 Å². The van der Waals surface area contributed by atoms with E-state index in [2.05, 4.69) is 62.8 Å². The van der Waals surface area contributed by atoms with E-state index in [0.29, 0.717) is 69.2 Å². The van der Waals surface area contributed by atoms with E-state index in [1.807, 2.05) is 6.92 Å². The second kappa shape index (κ2) is 59.3. The minimum atomic E-state index is -0.527. The van der Waals surface area contributed by atoms with Gasteiger partial charge in [-0.25, -0.2) is 0 Å². The number of aliphatic hydroxyl groups excluding tert-OH is 2. The van der Waals surface area contributed by atoms with Crippen molar-refractivity contribution < 1.29 is 39.0 Å². The highest BCUT2D eigenvalue weighted by Crippen LogP contribution is 2.24. The predicted octanol–water partition coefficient (Wildman–Crippen LogP) is 16.1. The minimum Gasteiger partial charge on any atom is -0.396 e. The molecule has 0 aliphatic rings. The summed E-state index contributed by atoms with van der Waals surface area (Å²) in [5, 5.41) is 30.8. The van der Waals surface area contributed by atoms with Crippen molar-refractivity contribution in [2.24, 2.45) is 23.7 Å². The Labute approximate surface area is 493 Å². The first-order chi connectivity index (χ1) is 38.8. The van der Waals surface area contributed by atoms with Crippen LogP contribution >= 0.6 is 0 Å². The van der Waals surface area contributed by atoms with Gasteiger partial charge in [0.2, 0.25) is 23.6 Å². The summed E-state index contributed by atoms with van der Waals surface area (Å²) in [6.45, 7) is 18.4. The topological polar surface area (TPSA) is 191 Å². The molecule has 0 saturated carbocycles. The van der Waals surface area contributed by atoms with Gasteiger partial charge in [0.15, 0.2) is 0 Å². The van der Waals surface area contributed by atoms with Crippen LogP contribution in [0.25, 0.3) is 0 Å². The number of unbranched alkanes of at least 4 members (excludes halogenated alkanes) is 22. The fraction of sp³-hybridized carbons (Fsp3) is 0.912. The van der Waals surface area contributed by atoms with Gasteiger partial charge in [0.1, 0.15) is 23.7 Å². The van der Waals surface area contributed by atoms with Crippen LogP contribution in [0.3, 0.4) is 0 Å². The molecule has 0 rings (SSSR count). The van der Waals surface area contributed by atoms with Crippen molar-refractivity contribution in [3.05, 3.63) is 0 Å². The quantitative estimate of drug-likeness (QED) is 0.0324. The van der Waals surface area contributed by atoms with E-state index in [1.54, 1.807) is 6.92 Å². The molecule has 12 nitrogen and oxygen atoms in total. The zero-order chi connectivity index (χ0) is 59.7. The third kappa shape index (κ3) is 47.6. The van der Waals surface area contributed by atoms with Crippen LogP contribution in [-0.2, 0) is 28.8 Å². The maximum atomic E-state index is 13.8. The number of rotatable bonds is 58. The van der Waals surface area contributed by atoms with Gasteiger partial charge >= 0.3 is 0 Å². The molecule has 0 fully saturated rings. The van der Waals surface area contributed by atoms with Crippen LogP contribution in [0.15, 0.2) is 0 Å². The smallest absolute Gasteiger partial charge is 0.242 e. The van der Waals surface area contributed by atoms with Crippen molar-refractivity contribution in [2.75, 3.05) is 26.3 Å². The van der Waals surface area contributed by atoms with Gasteiger partial charge in [-0.3, -0.25) is 28.8 Å². The first-order valence-electron chi connectivity index (χ1n) is 34.3. The lowest BCUT2D eigenvalue weighted by Gasteiger charge is -2.23. The van der Waals surface area contributed by atoms with Gasteiger partial charge in [-0.05, 0) is 88.9 Å². The summed E-state index contributed by atoms with van der Waals surface area (Å²) in [6.07, 6.45) is 44.3. The van der Waals surface area contributed by atoms with Gasteiger partial charge in [0.05, 0.1) is 0 Å². The van der Waals surface area contributed by atoms with Crippen molar-refractivity contribution in [1.82, 2.24) is 21.3 Å². The average molecular weight is 1130 g/mol. The maximum Gasteiger partial charge on any atom is 0.242 e. The Morgan fingerprint density at radius 2 is 0.688 bits per heavy atom. The molecule has 0 saturated heterocycles. The maximum absolute atomic E-state index is 13.8. The van der Waals surface area contributed by atoms with E-state index in [0.717, 1.165) is 141 Å². The number of ketones is 2. The van der Waals surface area contributed by atoms with Crippen molar-refractivity contribution >= 4 is 35.2 Å². The molecule has 472 valence electrons. The molecular weight excluding hydrogens is 1000 g/mol. The van der Waals surface area contributed by atoms with E-state index in [1.165, 1.54) is 103 Å². The Kier molecular flexibility index (Phi) is 58.7. The van der Waals surface area contributed by atoms with Crippen LogP contribution in [-0.4, -0.2) is 83.8 Å². The molecule has 0 aliphatic carbocycles. The van der Waals surface area contributed by atoms with E-state index in [-0.39, 0.29) is 54.5 Å². The normalized spacial score (nSPS) is 13.5. The van der Waals surface area contributed by atoms with Gasteiger partial charge in [-0.1, -0.05) is 235 Å². The summed E-state index contributed by atoms with van der Waals surface area (Å²) in [7, 11) is 0. The summed E-state index contributed by atoms with van der Waals surface area (Å²) in [5.41, 5.74) is 0. The number of Topliss-reactive ketones (excluding diaryl/α,β-unsaturated/α-hetero) is 2. The van der Waals surface area contributed by atoms with Crippen LogP contribution in [0.5, 0.6) is 0 Å². The van der Waals surface area contributed by atoms with E-state index >= 15 is 0 Å². The van der Waals surface area contributed by atoms with Gasteiger partial charge in [0.25, 0.3) is 0 Å². The van der Waals surface area contributed by atoms with Crippen molar-refractivity contribution in [1.29, 1.82) is 0 Å². The Morgan fingerprint density at radius 3 is 1.09 bits per heavy atom. The zero-order valence-electron chi connectivity index (χ0n) is 53.7. The highest BCUT2D eigenvalue weighted by Gasteiger charge is 2.26. The molecular formula is C68H132N4O8. The monoisotopic (exact) mass is 1130 g/mol. The Balaban J connectivity index is 0. The minimum absolute atomic E-state index is 0.0312. The van der Waals surface area contributed by atoms with E-state index in [9.17, 15) is 39.0 Å². The molecule has 0 aliphatic heterocycles. The number of amides is 4. The van der Waals surface area contributed by atoms with Crippen molar-refractivity contribution in [3.63, 3.8) is 0 Å². The fourth-order valence-corrected chi connectivity index (χ4v) is 10.7. The molecule has 4 amide bonds. The van der Waals surface area contributed by atoms with Crippen molar-refractivity contribution in [3.8, 4) is 0 Å². The zero-order valence-corrected chi connectivity index (χ0v) is 53.7. The molecule has 6 atom stereocenters. The Morgan fingerprint density at radius 1 is 0.338 bits per heavy atom. The lowest BCUT2D eigenvalue weighted by Crippen LogP contribution is -2.48. The molecule has 0 radical (unpaired) electrons. The van der Waals surface area contributed by atoms with Crippen LogP contribution in [0.2, 0.25) is 0 Å². The first kappa shape index (κ1) is 79.2. The number of carbonyl (C=O) groups is 6. The molecule has 0 bridgehead atoms. The predicted molar refractivity (Wildman–Crippen MR) is 337 cm³/mol. The molecule has 4 unspecified atom stereocenters. The summed E-state index contributed by atoms with van der Waals surface area (Å²) in [6, 6.07) is -1.03. The van der Waals surface area contributed by atoms with Crippen LogP contribution in [0.4, 0.5) is 0 Å². The summed E-state index contributed by atoms with van der Waals surface area (Å²) in [5.74, 6) is 1.31. The highest BCUT2D eigenvalue weighted by atomic mass is 16.3. The molecule has 0 aromatic heterocycles. The molecule has 80 heavy (non-hydrogen) atoms. The highest BCUT2D eigenvalue weighted by molar-refractivity contribution is 5.89. The fourth-order valence-electron chi connectivity index (χ4n) is 10.7. The molecule has 0 aromatic carbocycles. The Hall–Kier alpha value is -2.86. The van der Waals surface area contributed by atoms with Crippen LogP contribution in [0, 0.1) is 23.7 Å². The molecule has 12 heteroatoms. The van der Waals surface area contributed by atoms with Gasteiger partial charge in [0, 0.05) is 63.8 Å². The third-order valence-corrected chi connectivity index (χ3v) is 16.7. The Bertz CT molecular complexity index is 1450. The molecule has 0 spiro atoms. The standard InChI is InChI=1S/C47H92N2O4.C21H40N2O4/c1-6-11-15-19-21-26-34-42(33-24-17-13-8-3)45(51)38-29-23-28-37-44(47(53)48-39-31-30-32-41(10-5)40-50)49-46(52)43(35-25-18-14-9-4)36-27-22-20-16-12-7-2;1-4-17(16-24)12-10-11-15-22-21(27)19(23-20(26)6-3)14-9-7-8-13-18(25)5-2/h41-44,50H,6-40H2,1-5H3,(H,48,53)(H,49,52);17,19,24H,4-16H2,1-3H3,(H,22,27)(H,23,26)/t41?,42?,43?,44-;17?,19-/m00/s1. The van der Waals surface area contributed by atoms with E-state index in [4.69, 9.17) is 0 Å². The number of hydrogen-bond donors (Lipinski definition) is 6. The van der Waals surface area contributed by atoms with Gasteiger partial charge < -0.3 is 31.5 Å². The number of nitrogens with one attached hydrogen (secondary N) is 4. The molecule has 0 heterocycles. The first-order valence-corrected chi connectivity index (χ1v) is 34.3. The third-order valence-electron chi connectivity index (χ3n) is 16.7.